The number of nitrogens with zero attached hydrogens (tertiary/aromatic N) is 4. The number of benzene rings is 1. The molecule has 0 aliphatic rings. The van der Waals surface area contributed by atoms with Crippen LogP contribution in [-0.2, 0) is 12.3 Å². The third-order valence-corrected chi connectivity index (χ3v) is 5.38. The van der Waals surface area contributed by atoms with Gasteiger partial charge >= 0.3 is 0 Å². The topological polar surface area (TPSA) is 119 Å². The van der Waals surface area contributed by atoms with Gasteiger partial charge in [-0.3, -0.25) is 9.89 Å². The van der Waals surface area contributed by atoms with Crippen LogP contribution in [0, 0.1) is 6.92 Å². The van der Waals surface area contributed by atoms with Gasteiger partial charge in [-0.1, -0.05) is 16.9 Å². The summed E-state index contributed by atoms with van der Waals surface area (Å²) < 4.78 is 10.2. The molecule has 1 aromatic carbocycles. The van der Waals surface area contributed by atoms with E-state index in [2.05, 4.69) is 30.6 Å². The molecule has 9 nitrogen and oxygen atoms in total. The monoisotopic (exact) mass is 436 g/mol. The van der Waals surface area contributed by atoms with Crippen molar-refractivity contribution in [3.63, 3.8) is 0 Å². The predicted octanol–water partition coefficient (Wildman–Crippen LogP) is 3.39. The summed E-state index contributed by atoms with van der Waals surface area (Å²) in [7, 11) is 1.62. The van der Waals surface area contributed by atoms with E-state index in [0.717, 1.165) is 22.8 Å². The molecule has 10 heteroatoms. The number of amides is 1. The Balaban J connectivity index is 1.38. The van der Waals surface area contributed by atoms with E-state index >= 15 is 0 Å². The van der Waals surface area contributed by atoms with E-state index in [1.54, 1.807) is 25.4 Å². The minimum Gasteiger partial charge on any atom is -0.497 e. The summed E-state index contributed by atoms with van der Waals surface area (Å²) in [6, 6.07) is 12.8. The van der Waals surface area contributed by atoms with E-state index in [1.807, 2.05) is 37.3 Å². The highest BCUT2D eigenvalue weighted by atomic mass is 32.2. The van der Waals surface area contributed by atoms with Gasteiger partial charge in [0.1, 0.15) is 22.4 Å². The maximum atomic E-state index is 12.7. The average molecular weight is 436 g/mol. The number of aryl methyl sites for hydroxylation is 1. The number of rotatable bonds is 8. The van der Waals surface area contributed by atoms with Crippen LogP contribution in [0.25, 0.3) is 11.4 Å². The third-order valence-electron chi connectivity index (χ3n) is 4.35. The molecule has 1 amide bonds. The minimum absolute atomic E-state index is 0.212. The molecule has 3 heterocycles. The highest BCUT2D eigenvalue weighted by Crippen LogP contribution is 2.24. The molecule has 0 aliphatic heterocycles. The van der Waals surface area contributed by atoms with Gasteiger partial charge in [0.15, 0.2) is 5.82 Å². The van der Waals surface area contributed by atoms with Crippen molar-refractivity contribution >= 4 is 17.7 Å². The molecule has 31 heavy (non-hydrogen) atoms. The van der Waals surface area contributed by atoms with Gasteiger partial charge in [-0.2, -0.15) is 5.10 Å². The van der Waals surface area contributed by atoms with Crippen LogP contribution in [-0.4, -0.2) is 38.3 Å². The summed E-state index contributed by atoms with van der Waals surface area (Å²) >= 11 is 1.43. The molecular weight excluding hydrogens is 416 g/mol. The van der Waals surface area contributed by atoms with Crippen LogP contribution >= 0.6 is 11.8 Å². The van der Waals surface area contributed by atoms with Crippen LogP contribution in [0.3, 0.4) is 0 Å². The van der Waals surface area contributed by atoms with Gasteiger partial charge in [-0.25, -0.2) is 9.97 Å². The SMILES string of the molecule is COc1ccc(-c2n[nH]c(CNC(=O)c3cccnc3SCc3cc(C)on3)n2)cc1. The van der Waals surface area contributed by atoms with E-state index in [4.69, 9.17) is 9.26 Å². The molecule has 4 aromatic rings. The van der Waals surface area contributed by atoms with Crippen molar-refractivity contribution in [3.05, 3.63) is 71.5 Å². The van der Waals surface area contributed by atoms with Crippen molar-refractivity contribution < 1.29 is 14.1 Å². The van der Waals surface area contributed by atoms with Gasteiger partial charge in [-0.15, -0.1) is 0 Å². The molecule has 0 atom stereocenters. The van der Waals surface area contributed by atoms with E-state index in [0.29, 0.717) is 28.0 Å². The first-order valence-corrected chi connectivity index (χ1v) is 10.4. The van der Waals surface area contributed by atoms with Crippen molar-refractivity contribution in [2.45, 2.75) is 24.2 Å². The Bertz CT molecular complexity index is 1170. The second-order valence-electron chi connectivity index (χ2n) is 6.59. The number of aromatic amines is 1. The molecule has 4 rings (SSSR count). The lowest BCUT2D eigenvalue weighted by Gasteiger charge is -2.07. The van der Waals surface area contributed by atoms with Gasteiger partial charge in [0.25, 0.3) is 5.91 Å². The highest BCUT2D eigenvalue weighted by molar-refractivity contribution is 7.98. The Morgan fingerprint density at radius 3 is 2.84 bits per heavy atom. The number of aromatic nitrogens is 5. The lowest BCUT2D eigenvalue weighted by molar-refractivity contribution is 0.0946. The Morgan fingerprint density at radius 1 is 1.26 bits per heavy atom. The van der Waals surface area contributed by atoms with Crippen molar-refractivity contribution in [2.75, 3.05) is 7.11 Å². The number of H-pyrrole nitrogens is 1. The van der Waals surface area contributed by atoms with Crippen LogP contribution in [0.2, 0.25) is 0 Å². The first-order valence-electron chi connectivity index (χ1n) is 9.46. The number of pyridine rings is 1. The number of carbonyl (C=O) groups excluding carboxylic acids is 1. The molecular formula is C21H20N6O3S. The van der Waals surface area contributed by atoms with E-state index in [1.165, 1.54) is 11.8 Å². The van der Waals surface area contributed by atoms with Crippen molar-refractivity contribution in [1.82, 2.24) is 30.6 Å². The smallest absolute Gasteiger partial charge is 0.254 e. The van der Waals surface area contributed by atoms with Gasteiger partial charge in [-0.05, 0) is 43.3 Å². The van der Waals surface area contributed by atoms with Crippen molar-refractivity contribution in [2.24, 2.45) is 0 Å². The van der Waals surface area contributed by atoms with Gasteiger partial charge in [0.2, 0.25) is 0 Å². The Labute approximate surface area is 182 Å². The van der Waals surface area contributed by atoms with Gasteiger partial charge < -0.3 is 14.6 Å². The summed E-state index contributed by atoms with van der Waals surface area (Å²) in [6.07, 6.45) is 1.66. The average Bonchev–Trinajstić information content (AvgIpc) is 3.45. The zero-order valence-electron chi connectivity index (χ0n) is 17.0. The van der Waals surface area contributed by atoms with Gasteiger partial charge in [0.05, 0.1) is 24.9 Å². The zero-order valence-corrected chi connectivity index (χ0v) is 17.8. The van der Waals surface area contributed by atoms with E-state index in [-0.39, 0.29) is 12.5 Å². The number of hydrogen-bond donors (Lipinski definition) is 2. The minimum atomic E-state index is -0.241. The fourth-order valence-electron chi connectivity index (χ4n) is 2.81. The molecule has 0 saturated heterocycles. The molecule has 0 radical (unpaired) electrons. The lowest BCUT2D eigenvalue weighted by Crippen LogP contribution is -2.24. The fourth-order valence-corrected chi connectivity index (χ4v) is 3.68. The van der Waals surface area contributed by atoms with Crippen molar-refractivity contribution in [3.8, 4) is 17.1 Å². The molecule has 0 unspecified atom stereocenters. The molecule has 0 aliphatic carbocycles. The van der Waals surface area contributed by atoms with Crippen LogP contribution in [0.15, 0.2) is 58.2 Å². The number of nitrogens with one attached hydrogen (secondary N) is 2. The number of methoxy groups -OCH3 is 1. The van der Waals surface area contributed by atoms with E-state index in [9.17, 15) is 4.79 Å². The third kappa shape index (κ3) is 5.10. The number of hydrogen-bond acceptors (Lipinski definition) is 8. The maximum Gasteiger partial charge on any atom is 0.254 e. The lowest BCUT2D eigenvalue weighted by atomic mass is 10.2. The fraction of sp³-hybridized carbons (Fsp3) is 0.190. The first kappa shape index (κ1) is 20.6. The normalized spacial score (nSPS) is 10.8. The number of thioether (sulfide) groups is 1. The Morgan fingerprint density at radius 2 is 2.10 bits per heavy atom. The van der Waals surface area contributed by atoms with Crippen LogP contribution in [0.1, 0.15) is 27.6 Å². The maximum absolute atomic E-state index is 12.7. The first-order chi connectivity index (χ1) is 15.1. The second-order valence-corrected chi connectivity index (χ2v) is 7.55. The molecule has 0 fully saturated rings. The summed E-state index contributed by atoms with van der Waals surface area (Å²) in [4.78, 5) is 21.5. The highest BCUT2D eigenvalue weighted by Gasteiger charge is 2.15. The van der Waals surface area contributed by atoms with Crippen LogP contribution < -0.4 is 10.1 Å². The summed E-state index contributed by atoms with van der Waals surface area (Å²) in [5.41, 5.74) is 2.14. The predicted molar refractivity (Wildman–Crippen MR) is 115 cm³/mol. The van der Waals surface area contributed by atoms with E-state index < -0.39 is 0 Å². The molecule has 0 saturated carbocycles. The summed E-state index contributed by atoms with van der Waals surface area (Å²) in [6.45, 7) is 2.05. The largest absolute Gasteiger partial charge is 0.497 e. The standard InChI is InChI=1S/C21H20N6O3S/c1-13-10-15(27-30-13)12-31-21-17(4-3-9-22-21)20(28)23-11-18-24-19(26-25-18)14-5-7-16(29-2)8-6-14/h3-10H,11-12H2,1-2H3,(H,23,28)(H,24,25,26). The quantitative estimate of drug-likeness (QED) is 0.404. The van der Waals surface area contributed by atoms with Crippen LogP contribution in [0.4, 0.5) is 0 Å². The summed E-state index contributed by atoms with van der Waals surface area (Å²) in [5.74, 6) is 2.92. The molecule has 3 aromatic heterocycles. The zero-order chi connectivity index (χ0) is 21.6. The summed E-state index contributed by atoms with van der Waals surface area (Å²) in [5, 5.41) is 14.5. The number of ether oxygens (including phenoxy) is 1. The molecule has 0 bridgehead atoms. The molecule has 158 valence electrons. The van der Waals surface area contributed by atoms with Gasteiger partial charge in [0, 0.05) is 23.6 Å². The Hall–Kier alpha value is -3.66. The Kier molecular flexibility index (Phi) is 6.27. The second kappa shape index (κ2) is 9.43. The van der Waals surface area contributed by atoms with Crippen molar-refractivity contribution in [1.29, 1.82) is 0 Å². The van der Waals surface area contributed by atoms with Crippen LogP contribution in [0.5, 0.6) is 5.75 Å². The molecule has 2 N–H and O–H groups in total. The number of carbonyl (C=O) groups is 1. The molecule has 0 spiro atoms.